The first-order valence-electron chi connectivity index (χ1n) is 5.17. The number of aryl methyl sites for hydroxylation is 1. The fraction of sp³-hybridized carbons (Fsp3) is 0.417. The molecule has 0 bridgehead atoms. The second-order valence-corrected chi connectivity index (χ2v) is 3.78. The van der Waals surface area contributed by atoms with Gasteiger partial charge in [0.05, 0.1) is 19.3 Å². The number of hydrogen-bond donors (Lipinski definition) is 3. The molecule has 1 aromatic carbocycles. The van der Waals surface area contributed by atoms with E-state index in [0.29, 0.717) is 0 Å². The van der Waals surface area contributed by atoms with Crippen LogP contribution in [0.3, 0.4) is 0 Å². The molecule has 0 spiro atoms. The van der Waals surface area contributed by atoms with Gasteiger partial charge < -0.3 is 20.1 Å². The van der Waals surface area contributed by atoms with Crippen molar-refractivity contribution in [2.75, 3.05) is 13.7 Å². The number of benzene rings is 1. The molecule has 0 aliphatic heterocycles. The molecule has 0 saturated carbocycles. The van der Waals surface area contributed by atoms with Crippen molar-refractivity contribution < 1.29 is 24.9 Å². The van der Waals surface area contributed by atoms with Crippen LogP contribution in [0, 0.1) is 6.92 Å². The van der Waals surface area contributed by atoms with Gasteiger partial charge in [-0.1, -0.05) is 17.7 Å². The molecule has 0 aliphatic carbocycles. The number of ether oxygens (including phenoxy) is 1. The largest absolute Gasteiger partial charge is 0.465 e. The molecule has 0 aliphatic rings. The van der Waals surface area contributed by atoms with Gasteiger partial charge in [0.2, 0.25) is 0 Å². The molecule has 5 heteroatoms. The Morgan fingerprint density at radius 3 is 2.59 bits per heavy atom. The first kappa shape index (κ1) is 13.6. The molecular weight excluding hydrogens is 224 g/mol. The summed E-state index contributed by atoms with van der Waals surface area (Å²) in [6, 6.07) is 4.80. The van der Waals surface area contributed by atoms with Gasteiger partial charge in [-0.15, -0.1) is 0 Å². The summed E-state index contributed by atoms with van der Waals surface area (Å²) in [6.45, 7) is 1.21. The van der Waals surface area contributed by atoms with E-state index in [4.69, 9.17) is 5.11 Å². The van der Waals surface area contributed by atoms with Crippen LogP contribution in [0.15, 0.2) is 18.2 Å². The molecule has 0 saturated heterocycles. The van der Waals surface area contributed by atoms with Gasteiger partial charge >= 0.3 is 5.97 Å². The molecule has 2 atom stereocenters. The number of methoxy groups -OCH3 is 1. The van der Waals surface area contributed by atoms with E-state index in [0.717, 1.165) is 5.56 Å². The third kappa shape index (κ3) is 3.03. The van der Waals surface area contributed by atoms with Gasteiger partial charge in [0, 0.05) is 0 Å². The third-order valence-electron chi connectivity index (χ3n) is 2.48. The first-order chi connectivity index (χ1) is 8.01. The summed E-state index contributed by atoms with van der Waals surface area (Å²) in [4.78, 5) is 11.5. The Labute approximate surface area is 99.3 Å². The van der Waals surface area contributed by atoms with Crippen molar-refractivity contribution >= 4 is 5.97 Å². The van der Waals surface area contributed by atoms with Crippen LogP contribution in [-0.4, -0.2) is 41.1 Å². The van der Waals surface area contributed by atoms with Crippen LogP contribution in [0.25, 0.3) is 0 Å². The van der Waals surface area contributed by atoms with E-state index >= 15 is 0 Å². The standard InChI is InChI=1S/C12H16O5/c1-7-3-4-8(12(16)17-2)9(5-7)11(15)10(14)6-13/h3-5,10-11,13-15H,6H2,1-2H3. The van der Waals surface area contributed by atoms with Crippen molar-refractivity contribution in [1.82, 2.24) is 0 Å². The zero-order chi connectivity index (χ0) is 13.0. The Morgan fingerprint density at radius 1 is 1.41 bits per heavy atom. The Morgan fingerprint density at radius 2 is 2.06 bits per heavy atom. The second kappa shape index (κ2) is 5.77. The zero-order valence-corrected chi connectivity index (χ0v) is 9.75. The number of esters is 1. The molecule has 0 fully saturated rings. The Kier molecular flexibility index (Phi) is 4.62. The van der Waals surface area contributed by atoms with E-state index in [9.17, 15) is 15.0 Å². The topological polar surface area (TPSA) is 87.0 Å². The predicted octanol–water partition coefficient (Wildman–Crippen LogP) is 0.168. The molecule has 0 aromatic heterocycles. The fourth-order valence-electron chi connectivity index (χ4n) is 1.53. The van der Waals surface area contributed by atoms with Gasteiger partial charge in [0.1, 0.15) is 12.2 Å². The molecule has 17 heavy (non-hydrogen) atoms. The highest BCUT2D eigenvalue weighted by Crippen LogP contribution is 2.23. The number of rotatable bonds is 4. The third-order valence-corrected chi connectivity index (χ3v) is 2.48. The molecular formula is C12H16O5. The van der Waals surface area contributed by atoms with Gasteiger partial charge in [-0.25, -0.2) is 4.79 Å². The van der Waals surface area contributed by atoms with Crippen LogP contribution in [-0.2, 0) is 4.74 Å². The van der Waals surface area contributed by atoms with Crippen LogP contribution in [0.2, 0.25) is 0 Å². The molecule has 94 valence electrons. The molecule has 2 unspecified atom stereocenters. The maximum Gasteiger partial charge on any atom is 0.338 e. The Bertz CT molecular complexity index is 402. The minimum absolute atomic E-state index is 0.179. The van der Waals surface area contributed by atoms with Crippen molar-refractivity contribution in [3.8, 4) is 0 Å². The quantitative estimate of drug-likeness (QED) is 0.653. The minimum atomic E-state index is -1.33. The second-order valence-electron chi connectivity index (χ2n) is 3.78. The van der Waals surface area contributed by atoms with Crippen molar-refractivity contribution in [3.05, 3.63) is 34.9 Å². The predicted molar refractivity (Wildman–Crippen MR) is 60.6 cm³/mol. The van der Waals surface area contributed by atoms with E-state index in [2.05, 4.69) is 4.74 Å². The summed E-state index contributed by atoms with van der Waals surface area (Å²) in [5, 5.41) is 28.0. The summed E-state index contributed by atoms with van der Waals surface area (Å²) < 4.78 is 4.59. The van der Waals surface area contributed by atoms with E-state index < -0.39 is 24.8 Å². The summed E-state index contributed by atoms with van der Waals surface area (Å²) in [5.41, 5.74) is 1.26. The van der Waals surface area contributed by atoms with Crippen LogP contribution in [0.1, 0.15) is 27.6 Å². The maximum atomic E-state index is 11.5. The van der Waals surface area contributed by atoms with Crippen LogP contribution in [0.5, 0.6) is 0 Å². The average molecular weight is 240 g/mol. The first-order valence-corrected chi connectivity index (χ1v) is 5.17. The lowest BCUT2D eigenvalue weighted by Crippen LogP contribution is -2.24. The van der Waals surface area contributed by atoms with Crippen LogP contribution < -0.4 is 0 Å². The Balaban J connectivity index is 3.19. The number of carbonyl (C=O) groups excluding carboxylic acids is 1. The van der Waals surface area contributed by atoms with Crippen molar-refractivity contribution in [3.63, 3.8) is 0 Å². The summed E-state index contributed by atoms with van der Waals surface area (Å²) >= 11 is 0. The van der Waals surface area contributed by atoms with E-state index in [1.165, 1.54) is 13.2 Å². The lowest BCUT2D eigenvalue weighted by molar-refractivity contribution is -0.0159. The number of aliphatic hydroxyl groups is 3. The SMILES string of the molecule is COC(=O)c1ccc(C)cc1C(O)C(O)CO. The highest BCUT2D eigenvalue weighted by molar-refractivity contribution is 5.91. The molecule has 0 amide bonds. The highest BCUT2D eigenvalue weighted by atomic mass is 16.5. The highest BCUT2D eigenvalue weighted by Gasteiger charge is 2.23. The normalized spacial score (nSPS) is 14.2. The summed E-state index contributed by atoms with van der Waals surface area (Å²) in [5.74, 6) is -0.593. The minimum Gasteiger partial charge on any atom is -0.465 e. The van der Waals surface area contributed by atoms with Gasteiger partial charge in [-0.05, 0) is 18.6 Å². The monoisotopic (exact) mass is 240 g/mol. The van der Waals surface area contributed by atoms with E-state index in [1.807, 2.05) is 0 Å². The van der Waals surface area contributed by atoms with Gasteiger partial charge in [-0.3, -0.25) is 0 Å². The van der Waals surface area contributed by atoms with Crippen LogP contribution >= 0.6 is 0 Å². The average Bonchev–Trinajstić information content (AvgIpc) is 2.35. The number of aliphatic hydroxyl groups excluding tert-OH is 3. The summed E-state index contributed by atoms with van der Waals surface area (Å²) in [6.07, 6.45) is -2.66. The molecule has 1 aromatic rings. The fourth-order valence-corrected chi connectivity index (χ4v) is 1.53. The zero-order valence-electron chi connectivity index (χ0n) is 9.75. The smallest absolute Gasteiger partial charge is 0.338 e. The van der Waals surface area contributed by atoms with Gasteiger partial charge in [-0.2, -0.15) is 0 Å². The molecule has 3 N–H and O–H groups in total. The lowest BCUT2D eigenvalue weighted by atomic mass is 9.97. The van der Waals surface area contributed by atoms with E-state index in [-0.39, 0.29) is 11.1 Å². The van der Waals surface area contributed by atoms with Crippen LogP contribution in [0.4, 0.5) is 0 Å². The lowest BCUT2D eigenvalue weighted by Gasteiger charge is -2.18. The van der Waals surface area contributed by atoms with Crippen molar-refractivity contribution in [2.45, 2.75) is 19.1 Å². The molecule has 0 heterocycles. The van der Waals surface area contributed by atoms with E-state index in [1.54, 1.807) is 19.1 Å². The van der Waals surface area contributed by atoms with Crippen molar-refractivity contribution in [2.24, 2.45) is 0 Å². The summed E-state index contributed by atoms with van der Waals surface area (Å²) in [7, 11) is 1.24. The van der Waals surface area contributed by atoms with Gasteiger partial charge in [0.15, 0.2) is 0 Å². The maximum absolute atomic E-state index is 11.5. The number of hydrogen-bond acceptors (Lipinski definition) is 5. The molecule has 0 radical (unpaired) electrons. The van der Waals surface area contributed by atoms with Crippen molar-refractivity contribution in [1.29, 1.82) is 0 Å². The Hall–Kier alpha value is -1.43. The molecule has 5 nitrogen and oxygen atoms in total. The van der Waals surface area contributed by atoms with Gasteiger partial charge in [0.25, 0.3) is 0 Å². The number of carbonyl (C=O) groups is 1. The molecule has 1 rings (SSSR count).